The summed E-state index contributed by atoms with van der Waals surface area (Å²) < 4.78 is 45.1. The quantitative estimate of drug-likeness (QED) is 0.914. The largest absolute Gasteiger partial charge is 0.573 e. The van der Waals surface area contributed by atoms with Crippen LogP contribution in [0.25, 0.3) is 0 Å². The van der Waals surface area contributed by atoms with E-state index < -0.39 is 12.5 Å². The molecule has 2 aromatic rings. The number of aliphatic hydroxyl groups excluding tert-OH is 1. The third-order valence-electron chi connectivity index (χ3n) is 2.65. The topological polar surface area (TPSA) is 38.7 Å². The van der Waals surface area contributed by atoms with Gasteiger partial charge in [-0.05, 0) is 29.8 Å². The van der Waals surface area contributed by atoms with Crippen molar-refractivity contribution in [3.63, 3.8) is 0 Å². The summed E-state index contributed by atoms with van der Waals surface area (Å²) in [6, 6.07) is 13.9. The minimum absolute atomic E-state index is 0.00346. The van der Waals surface area contributed by atoms with Crippen molar-refractivity contribution in [1.82, 2.24) is 0 Å². The van der Waals surface area contributed by atoms with Crippen LogP contribution < -0.4 is 9.47 Å². The standard InChI is InChI=1S/C15H13F3O3/c16-15(17,18)21-13-8-6-12(7-9-13)20-10-14(19)11-4-2-1-3-5-11/h1-9,14,19H,10H2. The lowest BCUT2D eigenvalue weighted by atomic mass is 10.1. The molecule has 0 bridgehead atoms. The number of alkyl halides is 3. The molecule has 0 aliphatic carbocycles. The lowest BCUT2D eigenvalue weighted by Gasteiger charge is -2.13. The van der Waals surface area contributed by atoms with Crippen molar-refractivity contribution in [2.45, 2.75) is 12.5 Å². The Hall–Kier alpha value is -2.21. The van der Waals surface area contributed by atoms with Gasteiger partial charge in [0, 0.05) is 0 Å². The van der Waals surface area contributed by atoms with Gasteiger partial charge in [0.1, 0.15) is 24.2 Å². The Balaban J connectivity index is 1.89. The van der Waals surface area contributed by atoms with E-state index in [2.05, 4.69) is 4.74 Å². The highest BCUT2D eigenvalue weighted by atomic mass is 19.4. The Morgan fingerprint density at radius 3 is 2.05 bits per heavy atom. The van der Waals surface area contributed by atoms with Gasteiger partial charge < -0.3 is 14.6 Å². The number of rotatable bonds is 5. The van der Waals surface area contributed by atoms with Crippen molar-refractivity contribution in [1.29, 1.82) is 0 Å². The summed E-state index contributed by atoms with van der Waals surface area (Å²) in [4.78, 5) is 0. The van der Waals surface area contributed by atoms with Crippen LogP contribution >= 0.6 is 0 Å². The van der Waals surface area contributed by atoms with E-state index in [0.29, 0.717) is 11.3 Å². The van der Waals surface area contributed by atoms with Crippen LogP contribution in [0.3, 0.4) is 0 Å². The van der Waals surface area contributed by atoms with Crippen LogP contribution in [0.4, 0.5) is 13.2 Å². The third-order valence-corrected chi connectivity index (χ3v) is 2.65. The molecule has 0 saturated heterocycles. The molecule has 21 heavy (non-hydrogen) atoms. The molecule has 6 heteroatoms. The second-order valence-electron chi connectivity index (χ2n) is 4.26. The lowest BCUT2D eigenvalue weighted by molar-refractivity contribution is -0.274. The molecule has 0 amide bonds. The molecule has 112 valence electrons. The summed E-state index contributed by atoms with van der Waals surface area (Å²) in [5, 5.41) is 9.89. The van der Waals surface area contributed by atoms with Crippen LogP contribution in [0.5, 0.6) is 11.5 Å². The fourth-order valence-electron chi connectivity index (χ4n) is 1.68. The second kappa shape index (κ2) is 6.49. The zero-order chi connectivity index (χ0) is 15.3. The van der Waals surface area contributed by atoms with Gasteiger partial charge in [0.2, 0.25) is 0 Å². The Kier molecular flexibility index (Phi) is 4.70. The highest BCUT2D eigenvalue weighted by Crippen LogP contribution is 2.25. The molecule has 0 aromatic heterocycles. The lowest BCUT2D eigenvalue weighted by Crippen LogP contribution is -2.17. The van der Waals surface area contributed by atoms with Crippen molar-refractivity contribution < 1.29 is 27.8 Å². The first-order valence-corrected chi connectivity index (χ1v) is 6.16. The number of hydrogen-bond donors (Lipinski definition) is 1. The van der Waals surface area contributed by atoms with Crippen molar-refractivity contribution in [2.24, 2.45) is 0 Å². The average Bonchev–Trinajstić information content (AvgIpc) is 2.45. The minimum Gasteiger partial charge on any atom is -0.491 e. The van der Waals surface area contributed by atoms with Gasteiger partial charge in [0.05, 0.1) is 0 Å². The highest BCUT2D eigenvalue weighted by molar-refractivity contribution is 5.31. The van der Waals surface area contributed by atoms with Crippen LogP contribution in [0.1, 0.15) is 11.7 Å². The monoisotopic (exact) mass is 298 g/mol. The number of halogens is 3. The Morgan fingerprint density at radius 2 is 1.48 bits per heavy atom. The van der Waals surface area contributed by atoms with Crippen molar-refractivity contribution in [3.8, 4) is 11.5 Å². The van der Waals surface area contributed by atoms with E-state index in [1.165, 1.54) is 12.1 Å². The molecule has 0 fully saturated rings. The van der Waals surface area contributed by atoms with E-state index in [4.69, 9.17) is 4.74 Å². The summed E-state index contributed by atoms with van der Waals surface area (Å²) in [7, 11) is 0. The van der Waals surface area contributed by atoms with Crippen molar-refractivity contribution in [3.05, 3.63) is 60.2 Å². The fraction of sp³-hybridized carbons (Fsp3) is 0.200. The first-order valence-electron chi connectivity index (χ1n) is 6.16. The summed E-state index contributed by atoms with van der Waals surface area (Å²) in [6.45, 7) is 0.00346. The molecule has 1 atom stereocenters. The number of ether oxygens (including phenoxy) is 2. The van der Waals surface area contributed by atoms with Crippen LogP contribution in [-0.2, 0) is 0 Å². The maximum Gasteiger partial charge on any atom is 0.573 e. The molecular weight excluding hydrogens is 285 g/mol. The maximum atomic E-state index is 12.0. The zero-order valence-corrected chi connectivity index (χ0v) is 10.9. The predicted octanol–water partition coefficient (Wildman–Crippen LogP) is 3.70. The molecular formula is C15H13F3O3. The smallest absolute Gasteiger partial charge is 0.491 e. The second-order valence-corrected chi connectivity index (χ2v) is 4.26. The van der Waals surface area contributed by atoms with E-state index >= 15 is 0 Å². The van der Waals surface area contributed by atoms with Crippen LogP contribution in [0.2, 0.25) is 0 Å². The Bertz CT molecular complexity index is 553. The first-order chi connectivity index (χ1) is 9.94. The summed E-state index contributed by atoms with van der Waals surface area (Å²) in [5.41, 5.74) is 0.703. The summed E-state index contributed by atoms with van der Waals surface area (Å²) in [5.74, 6) is 0.0259. The molecule has 0 aliphatic heterocycles. The number of hydrogen-bond acceptors (Lipinski definition) is 3. The molecule has 0 spiro atoms. The predicted molar refractivity (Wildman–Crippen MR) is 70.0 cm³/mol. The van der Waals surface area contributed by atoms with Gasteiger partial charge in [-0.3, -0.25) is 0 Å². The molecule has 0 heterocycles. The number of aliphatic hydroxyl groups is 1. The third kappa shape index (κ3) is 5.00. The van der Waals surface area contributed by atoms with E-state index in [1.54, 1.807) is 24.3 Å². The van der Waals surface area contributed by atoms with Crippen LogP contribution in [-0.4, -0.2) is 18.1 Å². The summed E-state index contributed by atoms with van der Waals surface area (Å²) in [6.07, 6.45) is -5.52. The van der Waals surface area contributed by atoms with Gasteiger partial charge in [-0.15, -0.1) is 13.2 Å². The average molecular weight is 298 g/mol. The Morgan fingerprint density at radius 1 is 0.905 bits per heavy atom. The first kappa shape index (κ1) is 15.2. The number of benzene rings is 2. The normalized spacial score (nSPS) is 12.8. The molecule has 0 radical (unpaired) electrons. The molecule has 0 aliphatic rings. The zero-order valence-electron chi connectivity index (χ0n) is 10.9. The van der Waals surface area contributed by atoms with Crippen molar-refractivity contribution in [2.75, 3.05) is 6.61 Å². The molecule has 3 nitrogen and oxygen atoms in total. The van der Waals surface area contributed by atoms with Crippen LogP contribution in [0, 0.1) is 0 Å². The molecule has 2 rings (SSSR count). The van der Waals surface area contributed by atoms with Crippen LogP contribution in [0.15, 0.2) is 54.6 Å². The fourth-order valence-corrected chi connectivity index (χ4v) is 1.68. The van der Waals surface area contributed by atoms with E-state index in [-0.39, 0.29) is 12.4 Å². The van der Waals surface area contributed by atoms with E-state index in [9.17, 15) is 18.3 Å². The van der Waals surface area contributed by atoms with Gasteiger partial charge in [0.15, 0.2) is 0 Å². The maximum absolute atomic E-state index is 12.0. The van der Waals surface area contributed by atoms with E-state index in [0.717, 1.165) is 12.1 Å². The molecule has 1 unspecified atom stereocenters. The van der Waals surface area contributed by atoms with Gasteiger partial charge in [0.25, 0.3) is 0 Å². The highest BCUT2D eigenvalue weighted by Gasteiger charge is 2.30. The van der Waals surface area contributed by atoms with Crippen molar-refractivity contribution >= 4 is 0 Å². The van der Waals surface area contributed by atoms with Gasteiger partial charge in [-0.2, -0.15) is 0 Å². The summed E-state index contributed by atoms with van der Waals surface area (Å²) >= 11 is 0. The minimum atomic E-state index is -4.72. The van der Waals surface area contributed by atoms with Gasteiger partial charge >= 0.3 is 6.36 Å². The Labute approximate surface area is 119 Å². The molecule has 1 N–H and O–H groups in total. The van der Waals surface area contributed by atoms with E-state index in [1.807, 2.05) is 6.07 Å². The SMILES string of the molecule is OC(COc1ccc(OC(F)(F)F)cc1)c1ccccc1. The van der Waals surface area contributed by atoms with Gasteiger partial charge in [-0.1, -0.05) is 30.3 Å². The van der Waals surface area contributed by atoms with Gasteiger partial charge in [-0.25, -0.2) is 0 Å². The molecule has 2 aromatic carbocycles. The molecule has 0 saturated carbocycles.